The molecule has 0 amide bonds. The molecule has 0 unspecified atom stereocenters. The molecule has 2 aliphatic carbocycles. The number of carbonyl (C=O) groups is 3. The van der Waals surface area contributed by atoms with Crippen molar-refractivity contribution < 1.29 is 29.0 Å². The first kappa shape index (κ1) is 22.9. The Bertz CT molecular complexity index is 912. The number of aldehydes is 2. The lowest BCUT2D eigenvalue weighted by molar-refractivity contribution is -0.245. The second kappa shape index (κ2) is 8.42. The zero-order valence-electron chi connectivity index (χ0n) is 18.5. The highest BCUT2D eigenvalue weighted by molar-refractivity contribution is 5.87. The van der Waals surface area contributed by atoms with Gasteiger partial charge in [-0.05, 0) is 54.0 Å². The summed E-state index contributed by atoms with van der Waals surface area (Å²) in [7, 11) is 1.58. The Hall–Kier alpha value is -2.73. The molecule has 1 fully saturated rings. The van der Waals surface area contributed by atoms with Crippen LogP contribution < -0.4 is 4.74 Å². The fourth-order valence-corrected chi connectivity index (χ4v) is 5.27. The highest BCUT2D eigenvalue weighted by Crippen LogP contribution is 2.62. The second-order valence-electron chi connectivity index (χ2n) is 9.24. The van der Waals surface area contributed by atoms with E-state index >= 15 is 0 Å². The van der Waals surface area contributed by atoms with E-state index < -0.39 is 34.4 Å². The highest BCUT2D eigenvalue weighted by Gasteiger charge is 2.67. The van der Waals surface area contributed by atoms with Crippen LogP contribution in [0.2, 0.25) is 0 Å². The van der Waals surface area contributed by atoms with Gasteiger partial charge in [-0.2, -0.15) is 0 Å². The molecule has 0 aromatic heterocycles. The van der Waals surface area contributed by atoms with Gasteiger partial charge in [0.1, 0.15) is 24.4 Å². The SMILES string of the molecule is COc1ccc(C=CC(=O)O[C@@H]2CCC(C)(C)[C@]3(O)CC=C(C=O)[C@H](C=O)[C@@]23C)cc1. The van der Waals surface area contributed by atoms with E-state index in [9.17, 15) is 19.5 Å². The molecule has 3 rings (SSSR count). The predicted octanol–water partition coefficient (Wildman–Crippen LogP) is 3.52. The number of benzene rings is 1. The van der Waals surface area contributed by atoms with Crippen molar-refractivity contribution in [2.75, 3.05) is 7.11 Å². The molecule has 1 N–H and O–H groups in total. The average molecular weight is 427 g/mol. The third kappa shape index (κ3) is 3.74. The fourth-order valence-electron chi connectivity index (χ4n) is 5.27. The van der Waals surface area contributed by atoms with Crippen molar-refractivity contribution in [1.82, 2.24) is 0 Å². The maximum absolute atomic E-state index is 12.6. The molecule has 166 valence electrons. The van der Waals surface area contributed by atoms with Crippen LogP contribution in [0.3, 0.4) is 0 Å². The van der Waals surface area contributed by atoms with Crippen LogP contribution in [0.5, 0.6) is 5.75 Å². The van der Waals surface area contributed by atoms with Gasteiger partial charge in [0.15, 0.2) is 0 Å². The Morgan fingerprint density at radius 1 is 1.16 bits per heavy atom. The summed E-state index contributed by atoms with van der Waals surface area (Å²) in [6.45, 7) is 5.66. The number of allylic oxidation sites excluding steroid dienone is 1. The van der Waals surface area contributed by atoms with Gasteiger partial charge in [-0.1, -0.05) is 39.0 Å². The summed E-state index contributed by atoms with van der Waals surface area (Å²) in [6.07, 6.45) is 6.59. The summed E-state index contributed by atoms with van der Waals surface area (Å²) in [5.74, 6) is -0.698. The van der Waals surface area contributed by atoms with Crippen LogP contribution >= 0.6 is 0 Å². The van der Waals surface area contributed by atoms with Gasteiger partial charge in [0.05, 0.1) is 18.6 Å². The van der Waals surface area contributed by atoms with Gasteiger partial charge in [0.2, 0.25) is 0 Å². The first-order valence-electron chi connectivity index (χ1n) is 10.5. The zero-order valence-corrected chi connectivity index (χ0v) is 18.5. The monoisotopic (exact) mass is 426 g/mol. The van der Waals surface area contributed by atoms with Crippen LogP contribution in [0, 0.1) is 16.7 Å². The van der Waals surface area contributed by atoms with Gasteiger partial charge in [-0.3, -0.25) is 4.79 Å². The normalized spacial score (nSPS) is 32.0. The van der Waals surface area contributed by atoms with Crippen molar-refractivity contribution in [1.29, 1.82) is 0 Å². The second-order valence-corrected chi connectivity index (χ2v) is 9.24. The maximum atomic E-state index is 12.6. The fraction of sp³-hybridized carbons (Fsp3) is 0.480. The molecule has 0 heterocycles. The Morgan fingerprint density at radius 2 is 1.84 bits per heavy atom. The Morgan fingerprint density at radius 3 is 2.42 bits per heavy atom. The number of rotatable bonds is 6. The van der Waals surface area contributed by atoms with E-state index in [1.807, 2.05) is 26.0 Å². The van der Waals surface area contributed by atoms with Gasteiger partial charge in [0.25, 0.3) is 0 Å². The molecule has 0 saturated heterocycles. The minimum absolute atomic E-state index is 0.227. The molecule has 0 bridgehead atoms. The third-order valence-electron chi connectivity index (χ3n) is 7.41. The summed E-state index contributed by atoms with van der Waals surface area (Å²) in [6, 6.07) is 7.21. The van der Waals surface area contributed by atoms with Crippen molar-refractivity contribution in [2.24, 2.45) is 16.7 Å². The summed E-state index contributed by atoms with van der Waals surface area (Å²) >= 11 is 0. The van der Waals surface area contributed by atoms with Gasteiger partial charge in [-0.25, -0.2) is 4.79 Å². The lowest BCUT2D eigenvalue weighted by Gasteiger charge is -2.63. The van der Waals surface area contributed by atoms with Crippen LogP contribution in [-0.4, -0.2) is 42.5 Å². The summed E-state index contributed by atoms with van der Waals surface area (Å²) in [5.41, 5.74) is -1.81. The van der Waals surface area contributed by atoms with E-state index in [4.69, 9.17) is 9.47 Å². The van der Waals surface area contributed by atoms with Gasteiger partial charge in [-0.15, -0.1) is 0 Å². The number of hydrogen-bond acceptors (Lipinski definition) is 6. The molecule has 2 aliphatic rings. The van der Waals surface area contributed by atoms with E-state index in [0.29, 0.717) is 36.7 Å². The molecule has 31 heavy (non-hydrogen) atoms. The number of aliphatic hydroxyl groups is 1. The lowest BCUT2D eigenvalue weighted by atomic mass is 9.45. The molecular formula is C25H30O6. The Kier molecular flexibility index (Phi) is 6.23. The van der Waals surface area contributed by atoms with Gasteiger partial charge < -0.3 is 19.4 Å². The quantitative estimate of drug-likeness (QED) is 0.425. The molecule has 4 atom stereocenters. The number of fused-ring (bicyclic) bond motifs is 1. The highest BCUT2D eigenvalue weighted by atomic mass is 16.5. The largest absolute Gasteiger partial charge is 0.497 e. The molecule has 0 radical (unpaired) electrons. The topological polar surface area (TPSA) is 89.9 Å². The van der Waals surface area contributed by atoms with E-state index in [-0.39, 0.29) is 6.42 Å². The number of esters is 1. The van der Waals surface area contributed by atoms with Crippen molar-refractivity contribution >= 4 is 24.6 Å². The van der Waals surface area contributed by atoms with Gasteiger partial charge in [0, 0.05) is 11.5 Å². The van der Waals surface area contributed by atoms with E-state index in [1.54, 1.807) is 38.3 Å². The van der Waals surface area contributed by atoms with Crippen molar-refractivity contribution in [2.45, 2.75) is 51.7 Å². The summed E-state index contributed by atoms with van der Waals surface area (Å²) < 4.78 is 10.9. The number of hydrogen-bond donors (Lipinski definition) is 1. The van der Waals surface area contributed by atoms with Crippen molar-refractivity contribution in [3.63, 3.8) is 0 Å². The minimum Gasteiger partial charge on any atom is -0.497 e. The number of methoxy groups -OCH3 is 1. The zero-order chi connectivity index (χ0) is 22.9. The molecule has 1 aromatic carbocycles. The standard InChI is InChI=1S/C25H30O6/c1-23(2)13-12-21(24(3)20(16-27)18(15-26)11-14-25(23,24)29)31-22(28)10-7-17-5-8-19(30-4)9-6-17/h5-11,15-16,20-21,29H,12-14H2,1-4H3/t20-,21+,24-,25+/m0/s1. The first-order valence-corrected chi connectivity index (χ1v) is 10.5. The summed E-state index contributed by atoms with van der Waals surface area (Å²) in [5, 5.41) is 11.8. The van der Waals surface area contributed by atoms with Crippen LogP contribution in [0.15, 0.2) is 42.0 Å². The Balaban J connectivity index is 1.88. The molecule has 1 saturated carbocycles. The van der Waals surface area contributed by atoms with E-state index in [1.165, 1.54) is 6.08 Å². The third-order valence-corrected chi connectivity index (χ3v) is 7.41. The smallest absolute Gasteiger partial charge is 0.331 e. The molecule has 0 spiro atoms. The molecule has 1 aromatic rings. The molecule has 6 heteroatoms. The lowest BCUT2D eigenvalue weighted by Crippen LogP contribution is -2.69. The molecule has 6 nitrogen and oxygen atoms in total. The number of ether oxygens (including phenoxy) is 2. The van der Waals surface area contributed by atoms with E-state index in [2.05, 4.69) is 0 Å². The summed E-state index contributed by atoms with van der Waals surface area (Å²) in [4.78, 5) is 36.3. The predicted molar refractivity (Wildman–Crippen MR) is 116 cm³/mol. The van der Waals surface area contributed by atoms with Gasteiger partial charge >= 0.3 is 5.97 Å². The Labute approximate surface area is 182 Å². The van der Waals surface area contributed by atoms with Crippen LogP contribution in [-0.2, 0) is 19.1 Å². The average Bonchev–Trinajstić information content (AvgIpc) is 2.76. The van der Waals surface area contributed by atoms with Crippen LogP contribution in [0.4, 0.5) is 0 Å². The van der Waals surface area contributed by atoms with Crippen LogP contribution in [0.1, 0.15) is 45.6 Å². The maximum Gasteiger partial charge on any atom is 0.331 e. The number of carbonyl (C=O) groups excluding carboxylic acids is 3. The van der Waals surface area contributed by atoms with E-state index in [0.717, 1.165) is 5.56 Å². The van der Waals surface area contributed by atoms with Crippen LogP contribution in [0.25, 0.3) is 6.08 Å². The minimum atomic E-state index is -1.30. The first-order chi connectivity index (χ1) is 14.6. The van der Waals surface area contributed by atoms with Crippen molar-refractivity contribution in [3.8, 4) is 5.75 Å². The molecule has 0 aliphatic heterocycles. The molecular weight excluding hydrogens is 396 g/mol. The van der Waals surface area contributed by atoms with Crippen molar-refractivity contribution in [3.05, 3.63) is 47.6 Å².